The molecule has 1 aliphatic rings. The lowest BCUT2D eigenvalue weighted by atomic mass is 10.0. The summed E-state index contributed by atoms with van der Waals surface area (Å²) in [5, 5.41) is 4.06. The molecule has 0 spiro atoms. The molecule has 1 fully saturated rings. The van der Waals surface area contributed by atoms with Crippen molar-refractivity contribution in [1.82, 2.24) is 24.6 Å². The van der Waals surface area contributed by atoms with E-state index in [1.54, 1.807) is 17.2 Å². The Balaban J connectivity index is 1.58. The maximum absolute atomic E-state index is 12.9. The lowest BCUT2D eigenvalue weighted by molar-refractivity contribution is -0.0250. The first-order valence-corrected chi connectivity index (χ1v) is 9.56. The Hall–Kier alpha value is -3.59. The second-order valence-corrected chi connectivity index (χ2v) is 7.18. The average molecular weight is 406 g/mol. The van der Waals surface area contributed by atoms with Gasteiger partial charge < -0.3 is 15.4 Å². The number of anilines is 1. The van der Waals surface area contributed by atoms with Gasteiger partial charge in [0.05, 0.1) is 18.8 Å². The number of ether oxygens (including phenoxy) is 1. The standard InChI is InChI=1S/C21H22N6O3/c1-13-9-15(14-3-5-19(22)23-11-14)10-17(24-13)18-12-27(7-8-30-18)21(29)16-4-6-20(28)26(2)25-16/h3-6,9-11,18H,7-8,12H2,1-2H3,(H2,22,23)/t18-/m1/s1. The van der Waals surface area contributed by atoms with Gasteiger partial charge in [0.25, 0.3) is 11.5 Å². The third kappa shape index (κ3) is 4.06. The van der Waals surface area contributed by atoms with Crippen LogP contribution in [0.4, 0.5) is 5.82 Å². The minimum Gasteiger partial charge on any atom is -0.384 e. The van der Waals surface area contributed by atoms with E-state index in [4.69, 9.17) is 10.5 Å². The Labute approximate surface area is 173 Å². The predicted octanol–water partition coefficient (Wildman–Crippen LogP) is 1.34. The predicted molar refractivity (Wildman–Crippen MR) is 111 cm³/mol. The molecule has 9 nitrogen and oxygen atoms in total. The van der Waals surface area contributed by atoms with Crippen LogP contribution in [0.2, 0.25) is 0 Å². The van der Waals surface area contributed by atoms with Crippen LogP contribution in [-0.4, -0.2) is 50.3 Å². The van der Waals surface area contributed by atoms with Gasteiger partial charge in [-0.3, -0.25) is 14.6 Å². The van der Waals surface area contributed by atoms with Gasteiger partial charge in [0.2, 0.25) is 0 Å². The number of nitrogen functional groups attached to an aromatic ring is 1. The first kappa shape index (κ1) is 19.7. The van der Waals surface area contributed by atoms with Crippen molar-refractivity contribution >= 4 is 11.7 Å². The molecule has 2 N–H and O–H groups in total. The third-order valence-corrected chi connectivity index (χ3v) is 4.96. The Morgan fingerprint density at radius 3 is 2.77 bits per heavy atom. The van der Waals surface area contributed by atoms with Gasteiger partial charge in [-0.1, -0.05) is 0 Å². The number of carbonyl (C=O) groups is 1. The second kappa shape index (κ2) is 8.03. The van der Waals surface area contributed by atoms with Crippen LogP contribution in [0.1, 0.15) is 28.0 Å². The summed E-state index contributed by atoms with van der Waals surface area (Å²) in [6, 6.07) is 10.4. The molecule has 30 heavy (non-hydrogen) atoms. The molecule has 3 aromatic heterocycles. The minimum absolute atomic E-state index is 0.226. The van der Waals surface area contributed by atoms with Gasteiger partial charge in [-0.2, -0.15) is 5.10 Å². The number of rotatable bonds is 3. The molecular weight excluding hydrogens is 384 g/mol. The van der Waals surface area contributed by atoms with Crippen LogP contribution in [0.25, 0.3) is 11.1 Å². The number of nitrogens with two attached hydrogens (primary N) is 1. The van der Waals surface area contributed by atoms with Gasteiger partial charge in [-0.15, -0.1) is 0 Å². The van der Waals surface area contributed by atoms with Crippen LogP contribution in [0, 0.1) is 6.92 Å². The van der Waals surface area contributed by atoms with Gasteiger partial charge in [-0.25, -0.2) is 9.67 Å². The largest absolute Gasteiger partial charge is 0.384 e. The maximum Gasteiger partial charge on any atom is 0.274 e. The van der Waals surface area contributed by atoms with Crippen molar-refractivity contribution < 1.29 is 9.53 Å². The molecular formula is C21H22N6O3. The molecule has 1 saturated heterocycles. The van der Waals surface area contributed by atoms with Gasteiger partial charge in [0, 0.05) is 37.1 Å². The first-order valence-electron chi connectivity index (χ1n) is 9.56. The molecule has 9 heteroatoms. The smallest absolute Gasteiger partial charge is 0.274 e. The Bertz CT molecular complexity index is 1140. The number of aryl methyl sites for hydroxylation is 2. The van der Waals surface area contributed by atoms with Crippen LogP contribution in [0.15, 0.2) is 47.4 Å². The van der Waals surface area contributed by atoms with E-state index in [9.17, 15) is 9.59 Å². The van der Waals surface area contributed by atoms with Crippen molar-refractivity contribution in [3.8, 4) is 11.1 Å². The number of morpholine rings is 1. The van der Waals surface area contributed by atoms with E-state index >= 15 is 0 Å². The molecule has 1 aliphatic heterocycles. The summed E-state index contributed by atoms with van der Waals surface area (Å²) < 4.78 is 7.07. The zero-order chi connectivity index (χ0) is 21.3. The number of nitrogens with zero attached hydrogens (tertiary/aromatic N) is 5. The van der Waals surface area contributed by atoms with E-state index in [0.717, 1.165) is 27.2 Å². The SMILES string of the molecule is Cc1cc(-c2ccc(N)nc2)cc([C@H]2CN(C(=O)c3ccc(=O)n(C)n3)CCO2)n1. The average Bonchev–Trinajstić information content (AvgIpc) is 2.75. The maximum atomic E-state index is 12.9. The van der Waals surface area contributed by atoms with Crippen molar-refractivity contribution in [1.29, 1.82) is 0 Å². The lowest BCUT2D eigenvalue weighted by Crippen LogP contribution is -2.43. The van der Waals surface area contributed by atoms with Crippen LogP contribution in [0.5, 0.6) is 0 Å². The summed E-state index contributed by atoms with van der Waals surface area (Å²) in [4.78, 5) is 34.9. The molecule has 1 atom stereocenters. The number of pyridine rings is 2. The quantitative estimate of drug-likeness (QED) is 0.698. The number of aromatic nitrogens is 4. The molecule has 4 rings (SSSR count). The van der Waals surface area contributed by atoms with E-state index in [0.29, 0.717) is 25.5 Å². The van der Waals surface area contributed by atoms with Crippen molar-refractivity contribution in [2.75, 3.05) is 25.4 Å². The molecule has 0 bridgehead atoms. The van der Waals surface area contributed by atoms with Crippen LogP contribution >= 0.6 is 0 Å². The molecule has 3 aromatic rings. The zero-order valence-corrected chi connectivity index (χ0v) is 16.8. The summed E-state index contributed by atoms with van der Waals surface area (Å²) in [5.41, 5.74) is 9.11. The zero-order valence-electron chi connectivity index (χ0n) is 16.8. The summed E-state index contributed by atoms with van der Waals surface area (Å²) in [7, 11) is 1.52. The molecule has 0 aromatic carbocycles. The molecule has 154 valence electrons. The van der Waals surface area contributed by atoms with E-state index in [1.807, 2.05) is 25.1 Å². The molecule has 0 saturated carbocycles. The van der Waals surface area contributed by atoms with E-state index < -0.39 is 0 Å². The van der Waals surface area contributed by atoms with Crippen molar-refractivity contribution in [3.05, 3.63) is 70.0 Å². The second-order valence-electron chi connectivity index (χ2n) is 7.18. The number of hydrogen-bond acceptors (Lipinski definition) is 7. The van der Waals surface area contributed by atoms with Gasteiger partial charge in [-0.05, 0) is 42.8 Å². The van der Waals surface area contributed by atoms with E-state index in [2.05, 4.69) is 15.1 Å². The highest BCUT2D eigenvalue weighted by atomic mass is 16.5. The van der Waals surface area contributed by atoms with Crippen molar-refractivity contribution in [3.63, 3.8) is 0 Å². The van der Waals surface area contributed by atoms with Gasteiger partial charge >= 0.3 is 0 Å². The van der Waals surface area contributed by atoms with Crippen LogP contribution in [0.3, 0.4) is 0 Å². The first-order chi connectivity index (χ1) is 14.4. The molecule has 0 aliphatic carbocycles. The highest BCUT2D eigenvalue weighted by Gasteiger charge is 2.28. The Kier molecular flexibility index (Phi) is 5.28. The normalized spacial score (nSPS) is 16.5. The fourth-order valence-electron chi connectivity index (χ4n) is 3.39. The highest BCUT2D eigenvalue weighted by molar-refractivity contribution is 5.92. The molecule has 0 radical (unpaired) electrons. The number of hydrogen-bond donors (Lipinski definition) is 1. The monoisotopic (exact) mass is 406 g/mol. The summed E-state index contributed by atoms with van der Waals surface area (Å²) in [6.45, 7) is 3.09. The van der Waals surface area contributed by atoms with Crippen molar-refractivity contribution in [2.24, 2.45) is 7.05 Å². The number of carbonyl (C=O) groups excluding carboxylic acids is 1. The molecule has 1 amide bonds. The Morgan fingerprint density at radius 1 is 1.20 bits per heavy atom. The fraction of sp³-hybridized carbons (Fsp3) is 0.286. The van der Waals surface area contributed by atoms with Gasteiger partial charge in [0.15, 0.2) is 0 Å². The van der Waals surface area contributed by atoms with Crippen LogP contribution < -0.4 is 11.3 Å². The lowest BCUT2D eigenvalue weighted by Gasteiger charge is -2.32. The van der Waals surface area contributed by atoms with Crippen LogP contribution in [-0.2, 0) is 11.8 Å². The highest BCUT2D eigenvalue weighted by Crippen LogP contribution is 2.27. The van der Waals surface area contributed by atoms with E-state index in [-0.39, 0.29) is 23.3 Å². The summed E-state index contributed by atoms with van der Waals surface area (Å²) in [5.74, 6) is 0.219. The number of amides is 1. The Morgan fingerprint density at radius 2 is 2.03 bits per heavy atom. The molecule has 4 heterocycles. The van der Waals surface area contributed by atoms with Crippen molar-refractivity contribution in [2.45, 2.75) is 13.0 Å². The molecule has 0 unspecified atom stereocenters. The summed E-state index contributed by atoms with van der Waals surface area (Å²) in [6.07, 6.45) is 1.35. The summed E-state index contributed by atoms with van der Waals surface area (Å²) >= 11 is 0. The van der Waals surface area contributed by atoms with E-state index in [1.165, 1.54) is 19.2 Å². The topological polar surface area (TPSA) is 116 Å². The third-order valence-electron chi connectivity index (χ3n) is 4.96. The minimum atomic E-state index is -0.365. The fourth-order valence-corrected chi connectivity index (χ4v) is 3.39. The van der Waals surface area contributed by atoms with Gasteiger partial charge in [0.1, 0.15) is 17.6 Å².